The van der Waals surface area contributed by atoms with E-state index in [4.69, 9.17) is 0 Å². The van der Waals surface area contributed by atoms with Gasteiger partial charge in [0.2, 0.25) is 5.91 Å². The Morgan fingerprint density at radius 2 is 1.92 bits per heavy atom. The molecule has 1 N–H and O–H groups in total. The van der Waals surface area contributed by atoms with Gasteiger partial charge in [0, 0.05) is 30.6 Å². The molecule has 0 aliphatic heterocycles. The summed E-state index contributed by atoms with van der Waals surface area (Å²) >= 11 is 0. The first-order chi connectivity index (χ1) is 12.5. The van der Waals surface area contributed by atoms with Crippen molar-refractivity contribution >= 4 is 5.91 Å². The van der Waals surface area contributed by atoms with Crippen molar-refractivity contribution in [3.63, 3.8) is 0 Å². The average Bonchev–Trinajstić information content (AvgIpc) is 2.67. The van der Waals surface area contributed by atoms with Crippen molar-refractivity contribution in [1.82, 2.24) is 20.1 Å². The van der Waals surface area contributed by atoms with Gasteiger partial charge in [-0.15, -0.1) is 0 Å². The molecule has 0 bridgehead atoms. The largest absolute Gasteiger partial charge is 0.350 e. The lowest BCUT2D eigenvalue weighted by Gasteiger charge is -2.15. The summed E-state index contributed by atoms with van der Waals surface area (Å²) in [6, 6.07) is 13.9. The SMILES string of the molecule is Cc1ccc(-c2ccc(=O)n([C@H](C)C(=O)NCc3cccnc3)n2)cc1. The van der Waals surface area contributed by atoms with Gasteiger partial charge >= 0.3 is 0 Å². The molecule has 0 fully saturated rings. The van der Waals surface area contributed by atoms with Crippen LogP contribution in [0.2, 0.25) is 0 Å². The first-order valence-electron chi connectivity index (χ1n) is 8.38. The quantitative estimate of drug-likeness (QED) is 0.768. The molecule has 0 saturated heterocycles. The number of aryl methyl sites for hydroxylation is 1. The van der Waals surface area contributed by atoms with Gasteiger partial charge in [-0.25, -0.2) is 4.68 Å². The highest BCUT2D eigenvalue weighted by molar-refractivity contribution is 5.79. The standard InChI is InChI=1S/C20H20N4O2/c1-14-5-7-17(8-6-14)18-9-10-19(25)24(23-18)15(2)20(26)22-13-16-4-3-11-21-12-16/h3-12,15H,13H2,1-2H3,(H,22,26)/t15-/m1/s1. The Bertz CT molecular complexity index is 950. The van der Waals surface area contributed by atoms with Crippen molar-refractivity contribution < 1.29 is 4.79 Å². The van der Waals surface area contributed by atoms with E-state index < -0.39 is 6.04 Å². The second-order valence-electron chi connectivity index (χ2n) is 6.12. The molecule has 2 heterocycles. The molecular formula is C20H20N4O2. The number of nitrogens with one attached hydrogen (secondary N) is 1. The van der Waals surface area contributed by atoms with Crippen molar-refractivity contribution in [3.8, 4) is 11.3 Å². The van der Waals surface area contributed by atoms with E-state index in [0.717, 1.165) is 16.7 Å². The maximum Gasteiger partial charge on any atom is 0.267 e. The van der Waals surface area contributed by atoms with Crippen molar-refractivity contribution in [2.45, 2.75) is 26.4 Å². The average molecular weight is 348 g/mol. The van der Waals surface area contributed by atoms with Gasteiger partial charge in [-0.3, -0.25) is 14.6 Å². The van der Waals surface area contributed by atoms with Crippen molar-refractivity contribution in [2.75, 3.05) is 0 Å². The minimum atomic E-state index is -0.718. The highest BCUT2D eigenvalue weighted by atomic mass is 16.2. The number of benzene rings is 1. The first-order valence-corrected chi connectivity index (χ1v) is 8.38. The highest BCUT2D eigenvalue weighted by Crippen LogP contribution is 2.16. The zero-order valence-electron chi connectivity index (χ0n) is 14.7. The third-order valence-electron chi connectivity index (χ3n) is 4.11. The second kappa shape index (κ2) is 7.74. The zero-order valence-corrected chi connectivity index (χ0v) is 14.7. The number of carbonyl (C=O) groups is 1. The van der Waals surface area contributed by atoms with Gasteiger partial charge in [-0.2, -0.15) is 5.10 Å². The van der Waals surface area contributed by atoms with E-state index in [1.807, 2.05) is 43.3 Å². The summed E-state index contributed by atoms with van der Waals surface area (Å²) in [6.45, 7) is 4.02. The summed E-state index contributed by atoms with van der Waals surface area (Å²) in [4.78, 5) is 28.6. The fourth-order valence-corrected chi connectivity index (χ4v) is 2.53. The van der Waals surface area contributed by atoms with Gasteiger partial charge in [0.25, 0.3) is 5.56 Å². The van der Waals surface area contributed by atoms with Crippen molar-refractivity contribution in [1.29, 1.82) is 0 Å². The molecule has 132 valence electrons. The van der Waals surface area contributed by atoms with E-state index in [1.54, 1.807) is 25.4 Å². The monoisotopic (exact) mass is 348 g/mol. The molecule has 26 heavy (non-hydrogen) atoms. The lowest BCUT2D eigenvalue weighted by atomic mass is 10.1. The van der Waals surface area contributed by atoms with Crippen LogP contribution in [0.4, 0.5) is 0 Å². The third kappa shape index (κ3) is 4.03. The van der Waals surface area contributed by atoms with Crippen molar-refractivity contribution in [2.24, 2.45) is 0 Å². The lowest BCUT2D eigenvalue weighted by molar-refractivity contribution is -0.124. The van der Waals surface area contributed by atoms with E-state index in [2.05, 4.69) is 15.4 Å². The van der Waals surface area contributed by atoms with Gasteiger partial charge in [0.15, 0.2) is 0 Å². The predicted molar refractivity (Wildman–Crippen MR) is 99.5 cm³/mol. The normalized spacial score (nSPS) is 11.8. The van der Waals surface area contributed by atoms with E-state index in [-0.39, 0.29) is 11.5 Å². The Morgan fingerprint density at radius 1 is 1.15 bits per heavy atom. The Balaban J connectivity index is 1.78. The van der Waals surface area contributed by atoms with Crippen LogP contribution in [-0.4, -0.2) is 20.7 Å². The Labute approximate surface area is 151 Å². The minimum Gasteiger partial charge on any atom is -0.350 e. The molecule has 0 radical (unpaired) electrons. The predicted octanol–water partition coefficient (Wildman–Crippen LogP) is 2.49. The molecular weight excluding hydrogens is 328 g/mol. The molecule has 0 aliphatic rings. The zero-order chi connectivity index (χ0) is 18.5. The van der Waals surface area contributed by atoms with Crippen LogP contribution < -0.4 is 10.9 Å². The van der Waals surface area contributed by atoms with Crippen LogP contribution in [-0.2, 0) is 11.3 Å². The smallest absolute Gasteiger partial charge is 0.267 e. The van der Waals surface area contributed by atoms with Gasteiger partial charge in [-0.1, -0.05) is 35.9 Å². The summed E-state index contributed by atoms with van der Waals surface area (Å²) in [5.41, 5.74) is 3.26. The van der Waals surface area contributed by atoms with Gasteiger partial charge in [-0.05, 0) is 31.5 Å². The molecule has 3 rings (SSSR count). The molecule has 1 aromatic carbocycles. The minimum absolute atomic E-state index is 0.274. The molecule has 6 heteroatoms. The topological polar surface area (TPSA) is 76.9 Å². The fourth-order valence-electron chi connectivity index (χ4n) is 2.53. The van der Waals surface area contributed by atoms with Crippen LogP contribution in [0.25, 0.3) is 11.3 Å². The number of amides is 1. The van der Waals surface area contributed by atoms with Crippen LogP contribution in [0.5, 0.6) is 0 Å². The van der Waals surface area contributed by atoms with Crippen LogP contribution >= 0.6 is 0 Å². The molecule has 0 saturated carbocycles. The molecule has 0 unspecified atom stereocenters. The van der Waals surface area contributed by atoms with E-state index in [1.165, 1.54) is 10.7 Å². The van der Waals surface area contributed by atoms with E-state index >= 15 is 0 Å². The molecule has 3 aromatic rings. The van der Waals surface area contributed by atoms with Crippen molar-refractivity contribution in [3.05, 3.63) is 82.4 Å². The number of carbonyl (C=O) groups excluding carboxylic acids is 1. The maximum absolute atomic E-state index is 12.4. The number of hydrogen-bond donors (Lipinski definition) is 1. The Morgan fingerprint density at radius 3 is 2.62 bits per heavy atom. The Hall–Kier alpha value is -3.28. The van der Waals surface area contributed by atoms with E-state index in [0.29, 0.717) is 12.2 Å². The molecule has 0 spiro atoms. The number of hydrogen-bond acceptors (Lipinski definition) is 4. The lowest BCUT2D eigenvalue weighted by Crippen LogP contribution is -2.36. The molecule has 0 aliphatic carbocycles. The number of pyridine rings is 1. The fraction of sp³-hybridized carbons (Fsp3) is 0.200. The number of aromatic nitrogens is 3. The molecule has 6 nitrogen and oxygen atoms in total. The maximum atomic E-state index is 12.4. The first kappa shape index (κ1) is 17.5. The summed E-state index contributed by atoms with van der Waals surface area (Å²) < 4.78 is 1.22. The van der Waals surface area contributed by atoms with E-state index in [9.17, 15) is 9.59 Å². The van der Waals surface area contributed by atoms with Crippen LogP contribution in [0.1, 0.15) is 24.1 Å². The number of rotatable bonds is 5. The van der Waals surface area contributed by atoms with Crippen LogP contribution in [0, 0.1) is 6.92 Å². The summed E-state index contributed by atoms with van der Waals surface area (Å²) in [5, 5.41) is 7.19. The van der Waals surface area contributed by atoms with Gasteiger partial charge in [0.05, 0.1) is 5.69 Å². The highest BCUT2D eigenvalue weighted by Gasteiger charge is 2.17. The number of nitrogens with zero attached hydrogens (tertiary/aromatic N) is 3. The molecule has 2 aromatic heterocycles. The second-order valence-corrected chi connectivity index (χ2v) is 6.12. The van der Waals surface area contributed by atoms with Gasteiger partial charge < -0.3 is 5.32 Å². The Kier molecular flexibility index (Phi) is 5.22. The summed E-state index contributed by atoms with van der Waals surface area (Å²) in [7, 11) is 0. The molecule has 1 amide bonds. The summed E-state index contributed by atoms with van der Waals surface area (Å²) in [6.07, 6.45) is 3.36. The summed E-state index contributed by atoms with van der Waals surface area (Å²) in [5.74, 6) is -0.274. The molecule has 1 atom stereocenters. The van der Waals surface area contributed by atoms with Crippen LogP contribution in [0.15, 0.2) is 65.7 Å². The third-order valence-corrected chi connectivity index (χ3v) is 4.11. The van der Waals surface area contributed by atoms with Gasteiger partial charge in [0.1, 0.15) is 6.04 Å². The van der Waals surface area contributed by atoms with Crippen LogP contribution in [0.3, 0.4) is 0 Å².